The molecule has 132 valence electrons. The molecule has 0 spiro atoms. The molecule has 1 aliphatic heterocycles. The molecule has 0 aliphatic carbocycles. The van der Waals surface area contributed by atoms with Gasteiger partial charge in [-0.1, -0.05) is 30.3 Å². The molecule has 0 saturated carbocycles. The van der Waals surface area contributed by atoms with Crippen molar-refractivity contribution in [2.75, 3.05) is 33.2 Å². The van der Waals surface area contributed by atoms with Crippen molar-refractivity contribution in [3.8, 4) is 11.1 Å². The van der Waals surface area contributed by atoms with Gasteiger partial charge in [0.05, 0.1) is 5.52 Å². The number of hydrogen-bond acceptors (Lipinski definition) is 3. The number of fused-ring (bicyclic) bond motifs is 1. The van der Waals surface area contributed by atoms with Crippen LogP contribution in [-0.2, 0) is 0 Å². The maximum absolute atomic E-state index is 12.8. The first-order chi connectivity index (χ1) is 12.6. The number of piperazine rings is 1. The fraction of sp³-hybridized carbons (Fsp3) is 0.273. The second-order valence-corrected chi connectivity index (χ2v) is 7.00. The summed E-state index contributed by atoms with van der Waals surface area (Å²) >= 11 is 0. The Bertz CT molecular complexity index is 959. The third kappa shape index (κ3) is 3.08. The fourth-order valence-corrected chi connectivity index (χ4v) is 3.58. The van der Waals surface area contributed by atoms with Crippen LogP contribution < -0.4 is 0 Å². The van der Waals surface area contributed by atoms with E-state index in [1.54, 1.807) is 0 Å². The number of carbonyl (C=O) groups excluding carboxylic acids is 1. The van der Waals surface area contributed by atoms with Crippen molar-refractivity contribution >= 4 is 16.8 Å². The van der Waals surface area contributed by atoms with Gasteiger partial charge >= 0.3 is 0 Å². The Hall–Kier alpha value is -2.72. The zero-order valence-electron chi connectivity index (χ0n) is 15.3. The number of benzene rings is 2. The highest BCUT2D eigenvalue weighted by atomic mass is 16.2. The Morgan fingerprint density at radius 2 is 1.73 bits per heavy atom. The van der Waals surface area contributed by atoms with Crippen molar-refractivity contribution in [1.82, 2.24) is 14.8 Å². The summed E-state index contributed by atoms with van der Waals surface area (Å²) in [6.07, 6.45) is 1.83. The van der Waals surface area contributed by atoms with Gasteiger partial charge in [-0.15, -0.1) is 0 Å². The highest BCUT2D eigenvalue weighted by Crippen LogP contribution is 2.30. The van der Waals surface area contributed by atoms with Gasteiger partial charge in [-0.05, 0) is 48.9 Å². The minimum atomic E-state index is 0.100. The first-order valence-electron chi connectivity index (χ1n) is 9.06. The molecule has 2 heterocycles. The SMILES string of the molecule is Cc1ccccc1-c1ccnc2cc(C(=O)N3CCN(C)CC3)ccc12. The molecule has 1 fully saturated rings. The topological polar surface area (TPSA) is 36.4 Å². The molecule has 2 aromatic carbocycles. The molecule has 3 aromatic rings. The van der Waals surface area contributed by atoms with Crippen molar-refractivity contribution < 1.29 is 4.79 Å². The Kier molecular flexibility index (Phi) is 4.43. The molecule has 4 rings (SSSR count). The monoisotopic (exact) mass is 345 g/mol. The van der Waals surface area contributed by atoms with Gasteiger partial charge in [0, 0.05) is 43.3 Å². The number of likely N-dealkylation sites (N-methyl/N-ethyl adjacent to an activating group) is 1. The lowest BCUT2D eigenvalue weighted by Gasteiger charge is -2.32. The van der Waals surface area contributed by atoms with Crippen molar-refractivity contribution in [3.63, 3.8) is 0 Å². The van der Waals surface area contributed by atoms with Gasteiger partial charge < -0.3 is 9.80 Å². The quantitative estimate of drug-likeness (QED) is 0.712. The third-order valence-corrected chi connectivity index (χ3v) is 5.22. The Morgan fingerprint density at radius 3 is 2.50 bits per heavy atom. The summed E-state index contributed by atoms with van der Waals surface area (Å²) in [6.45, 7) is 5.53. The highest BCUT2D eigenvalue weighted by Gasteiger charge is 2.21. The van der Waals surface area contributed by atoms with E-state index in [4.69, 9.17) is 0 Å². The largest absolute Gasteiger partial charge is 0.336 e. The third-order valence-electron chi connectivity index (χ3n) is 5.22. The van der Waals surface area contributed by atoms with Crippen molar-refractivity contribution in [3.05, 3.63) is 65.9 Å². The molecule has 4 heteroatoms. The van der Waals surface area contributed by atoms with Crippen molar-refractivity contribution in [1.29, 1.82) is 0 Å². The van der Waals surface area contributed by atoms with E-state index < -0.39 is 0 Å². The molecule has 0 bridgehead atoms. The van der Waals surface area contributed by atoms with Gasteiger partial charge in [-0.25, -0.2) is 0 Å². The van der Waals surface area contributed by atoms with Crippen LogP contribution in [0.15, 0.2) is 54.7 Å². The smallest absolute Gasteiger partial charge is 0.254 e. The van der Waals surface area contributed by atoms with Crippen LogP contribution in [0.1, 0.15) is 15.9 Å². The summed E-state index contributed by atoms with van der Waals surface area (Å²) in [5.74, 6) is 0.100. The standard InChI is InChI=1S/C22H23N3O/c1-16-5-3-4-6-18(16)19-9-10-23-21-15-17(7-8-20(19)21)22(26)25-13-11-24(2)12-14-25/h3-10,15H,11-14H2,1-2H3. The number of nitrogens with zero attached hydrogens (tertiary/aromatic N) is 3. The molecule has 1 amide bonds. The summed E-state index contributed by atoms with van der Waals surface area (Å²) in [5, 5.41) is 1.08. The number of aryl methyl sites for hydroxylation is 1. The van der Waals surface area contributed by atoms with Gasteiger partial charge in [0.1, 0.15) is 0 Å². The van der Waals surface area contributed by atoms with E-state index in [-0.39, 0.29) is 5.91 Å². The van der Waals surface area contributed by atoms with Crippen LogP contribution in [-0.4, -0.2) is 53.9 Å². The number of aromatic nitrogens is 1. The minimum Gasteiger partial charge on any atom is -0.336 e. The van der Waals surface area contributed by atoms with Crippen LogP contribution in [0.4, 0.5) is 0 Å². The summed E-state index contributed by atoms with van der Waals surface area (Å²) in [5.41, 5.74) is 5.18. The van der Waals surface area contributed by atoms with Gasteiger partial charge in [-0.3, -0.25) is 9.78 Å². The number of carbonyl (C=O) groups is 1. The summed E-state index contributed by atoms with van der Waals surface area (Å²) in [6, 6.07) is 16.3. The maximum Gasteiger partial charge on any atom is 0.254 e. The summed E-state index contributed by atoms with van der Waals surface area (Å²) < 4.78 is 0. The second-order valence-electron chi connectivity index (χ2n) is 7.00. The molecular formula is C22H23N3O. The normalized spacial score (nSPS) is 15.4. The lowest BCUT2D eigenvalue weighted by atomic mass is 9.96. The van der Waals surface area contributed by atoms with Gasteiger partial charge in [0.15, 0.2) is 0 Å². The average Bonchev–Trinajstić information content (AvgIpc) is 2.67. The van der Waals surface area contributed by atoms with Gasteiger partial charge in [0.2, 0.25) is 0 Å². The van der Waals surface area contributed by atoms with Crippen LogP contribution in [0.2, 0.25) is 0 Å². The predicted molar refractivity (Wildman–Crippen MR) is 105 cm³/mol. The van der Waals surface area contributed by atoms with E-state index >= 15 is 0 Å². The number of amides is 1. The first kappa shape index (κ1) is 16.7. The lowest BCUT2D eigenvalue weighted by molar-refractivity contribution is 0.0664. The van der Waals surface area contributed by atoms with Crippen LogP contribution >= 0.6 is 0 Å². The Balaban J connectivity index is 1.71. The second kappa shape index (κ2) is 6.89. The number of hydrogen-bond donors (Lipinski definition) is 0. The van der Waals surface area contributed by atoms with Crippen molar-refractivity contribution in [2.24, 2.45) is 0 Å². The van der Waals surface area contributed by atoms with Crippen LogP contribution in [0, 0.1) is 6.92 Å². The Morgan fingerprint density at radius 1 is 0.962 bits per heavy atom. The fourth-order valence-electron chi connectivity index (χ4n) is 3.58. The molecule has 1 saturated heterocycles. The van der Waals surface area contributed by atoms with E-state index in [0.29, 0.717) is 0 Å². The van der Waals surface area contributed by atoms with Crippen LogP contribution in [0.5, 0.6) is 0 Å². The summed E-state index contributed by atoms with van der Waals surface area (Å²) in [7, 11) is 2.09. The lowest BCUT2D eigenvalue weighted by Crippen LogP contribution is -2.47. The zero-order valence-corrected chi connectivity index (χ0v) is 15.3. The van der Waals surface area contributed by atoms with E-state index in [1.165, 1.54) is 11.1 Å². The molecule has 4 nitrogen and oxygen atoms in total. The Labute approximate surface area is 154 Å². The molecular weight excluding hydrogens is 322 g/mol. The minimum absolute atomic E-state index is 0.100. The summed E-state index contributed by atoms with van der Waals surface area (Å²) in [4.78, 5) is 21.5. The van der Waals surface area contributed by atoms with Crippen molar-refractivity contribution in [2.45, 2.75) is 6.92 Å². The van der Waals surface area contributed by atoms with Gasteiger partial charge in [-0.2, -0.15) is 0 Å². The molecule has 0 N–H and O–H groups in total. The molecule has 0 unspecified atom stereocenters. The van der Waals surface area contributed by atoms with E-state index in [0.717, 1.165) is 48.2 Å². The number of pyridine rings is 1. The van der Waals surface area contributed by atoms with Crippen LogP contribution in [0.25, 0.3) is 22.0 Å². The molecule has 0 radical (unpaired) electrons. The first-order valence-corrected chi connectivity index (χ1v) is 9.06. The van der Waals surface area contributed by atoms with Crippen LogP contribution in [0.3, 0.4) is 0 Å². The van der Waals surface area contributed by atoms with E-state index in [2.05, 4.69) is 48.1 Å². The zero-order chi connectivity index (χ0) is 18.1. The predicted octanol–water partition coefficient (Wildman–Crippen LogP) is 3.60. The average molecular weight is 345 g/mol. The maximum atomic E-state index is 12.8. The van der Waals surface area contributed by atoms with E-state index in [9.17, 15) is 4.79 Å². The molecule has 0 atom stereocenters. The molecule has 26 heavy (non-hydrogen) atoms. The van der Waals surface area contributed by atoms with E-state index in [1.807, 2.05) is 35.4 Å². The number of rotatable bonds is 2. The molecule has 1 aromatic heterocycles. The highest BCUT2D eigenvalue weighted by molar-refractivity contribution is 6.01. The molecule has 1 aliphatic rings. The van der Waals surface area contributed by atoms with Gasteiger partial charge in [0.25, 0.3) is 5.91 Å².